The fourth-order valence-electron chi connectivity index (χ4n) is 2.85. The van der Waals surface area contributed by atoms with E-state index in [1.54, 1.807) is 16.7 Å². The predicted octanol–water partition coefficient (Wildman–Crippen LogP) is 4.81. The fourth-order valence-corrected chi connectivity index (χ4v) is 3.72. The van der Waals surface area contributed by atoms with Gasteiger partial charge in [0.15, 0.2) is 0 Å². The number of nitrogens with one attached hydrogen (secondary N) is 1. The van der Waals surface area contributed by atoms with Crippen LogP contribution < -0.4 is 5.32 Å². The lowest BCUT2D eigenvalue weighted by Crippen LogP contribution is -2.49. The Bertz CT molecular complexity index is 777. The molecule has 0 aliphatic heterocycles. The molecule has 0 saturated carbocycles. The van der Waals surface area contributed by atoms with Crippen molar-refractivity contribution in [3.8, 4) is 0 Å². The Kier molecular flexibility index (Phi) is 9.26. The normalized spacial score (nSPS) is 12.8. The van der Waals surface area contributed by atoms with Crippen LogP contribution in [0.1, 0.15) is 44.7 Å². The van der Waals surface area contributed by atoms with E-state index in [0.29, 0.717) is 18.7 Å². The number of carbonyl (C=O) groups is 2. The van der Waals surface area contributed by atoms with E-state index in [-0.39, 0.29) is 17.9 Å². The van der Waals surface area contributed by atoms with Gasteiger partial charge in [0.05, 0.1) is 0 Å². The molecule has 0 spiro atoms. The SMILES string of the molecule is CC[C@H](C)NC(=O)[C@@H](C)N(Cc1ccc(C)cc1)C(=O)CCSc1ccccc1. The monoisotopic (exact) mass is 412 g/mol. The zero-order valence-electron chi connectivity index (χ0n) is 17.9. The Hall–Kier alpha value is -2.27. The molecule has 0 heterocycles. The van der Waals surface area contributed by atoms with E-state index in [1.807, 2.05) is 82.3 Å². The maximum Gasteiger partial charge on any atom is 0.242 e. The minimum atomic E-state index is -0.514. The number of benzene rings is 2. The van der Waals surface area contributed by atoms with Crippen molar-refractivity contribution in [1.82, 2.24) is 10.2 Å². The summed E-state index contributed by atoms with van der Waals surface area (Å²) < 4.78 is 0. The Morgan fingerprint density at radius 1 is 1.03 bits per heavy atom. The minimum Gasteiger partial charge on any atom is -0.352 e. The number of hydrogen-bond donors (Lipinski definition) is 1. The molecule has 0 aromatic heterocycles. The summed E-state index contributed by atoms with van der Waals surface area (Å²) in [5.41, 5.74) is 2.20. The van der Waals surface area contributed by atoms with Gasteiger partial charge in [0, 0.05) is 29.7 Å². The summed E-state index contributed by atoms with van der Waals surface area (Å²) in [6.07, 6.45) is 1.25. The van der Waals surface area contributed by atoms with Crippen molar-refractivity contribution in [2.75, 3.05) is 5.75 Å². The molecule has 0 saturated heterocycles. The molecule has 0 fully saturated rings. The highest BCUT2D eigenvalue weighted by Crippen LogP contribution is 2.19. The highest BCUT2D eigenvalue weighted by atomic mass is 32.2. The second kappa shape index (κ2) is 11.7. The Morgan fingerprint density at radius 2 is 1.69 bits per heavy atom. The number of nitrogens with zero attached hydrogens (tertiary/aromatic N) is 1. The quantitative estimate of drug-likeness (QED) is 0.570. The maximum atomic E-state index is 13.0. The summed E-state index contributed by atoms with van der Waals surface area (Å²) >= 11 is 1.66. The van der Waals surface area contributed by atoms with Crippen molar-refractivity contribution in [1.29, 1.82) is 0 Å². The number of hydrogen-bond acceptors (Lipinski definition) is 3. The van der Waals surface area contributed by atoms with Crippen LogP contribution in [0.15, 0.2) is 59.5 Å². The molecule has 2 aromatic rings. The molecular weight excluding hydrogens is 380 g/mol. The molecule has 0 radical (unpaired) electrons. The van der Waals surface area contributed by atoms with Crippen LogP contribution in [0.3, 0.4) is 0 Å². The van der Waals surface area contributed by atoms with Crippen LogP contribution in [-0.2, 0) is 16.1 Å². The summed E-state index contributed by atoms with van der Waals surface area (Å²) in [5.74, 6) is 0.587. The minimum absolute atomic E-state index is 0.000748. The highest BCUT2D eigenvalue weighted by Gasteiger charge is 2.26. The second-order valence-corrected chi connectivity index (χ2v) is 8.58. The Morgan fingerprint density at radius 3 is 2.31 bits per heavy atom. The van der Waals surface area contributed by atoms with E-state index in [1.165, 1.54) is 5.56 Å². The lowest BCUT2D eigenvalue weighted by atomic mass is 10.1. The topological polar surface area (TPSA) is 49.4 Å². The van der Waals surface area contributed by atoms with Gasteiger partial charge in [-0.1, -0.05) is 55.0 Å². The first-order valence-electron chi connectivity index (χ1n) is 10.2. The van der Waals surface area contributed by atoms with Gasteiger partial charge in [-0.2, -0.15) is 0 Å². The lowest BCUT2D eigenvalue weighted by molar-refractivity contribution is -0.140. The highest BCUT2D eigenvalue weighted by molar-refractivity contribution is 7.99. The smallest absolute Gasteiger partial charge is 0.242 e. The van der Waals surface area contributed by atoms with Crippen LogP contribution >= 0.6 is 11.8 Å². The van der Waals surface area contributed by atoms with Crippen molar-refractivity contribution < 1.29 is 9.59 Å². The fraction of sp³-hybridized carbons (Fsp3) is 0.417. The average molecular weight is 413 g/mol. The van der Waals surface area contributed by atoms with E-state index < -0.39 is 6.04 Å². The molecule has 2 rings (SSSR count). The summed E-state index contributed by atoms with van der Waals surface area (Å²) in [7, 11) is 0. The molecule has 4 nitrogen and oxygen atoms in total. The Balaban J connectivity index is 2.06. The van der Waals surface area contributed by atoms with Gasteiger partial charge in [-0.15, -0.1) is 11.8 Å². The third kappa shape index (κ3) is 7.58. The van der Waals surface area contributed by atoms with Crippen LogP contribution in [0.5, 0.6) is 0 Å². The second-order valence-electron chi connectivity index (χ2n) is 7.41. The van der Waals surface area contributed by atoms with Crippen LogP contribution in [0.2, 0.25) is 0 Å². The van der Waals surface area contributed by atoms with Gasteiger partial charge >= 0.3 is 0 Å². The summed E-state index contributed by atoms with van der Waals surface area (Å²) in [5, 5.41) is 3.00. The van der Waals surface area contributed by atoms with Gasteiger partial charge in [0.2, 0.25) is 11.8 Å². The third-order valence-electron chi connectivity index (χ3n) is 4.97. The van der Waals surface area contributed by atoms with Gasteiger partial charge in [-0.25, -0.2) is 0 Å². The average Bonchev–Trinajstić information content (AvgIpc) is 2.73. The number of aryl methyl sites for hydroxylation is 1. The van der Waals surface area contributed by atoms with Crippen molar-refractivity contribution in [3.05, 3.63) is 65.7 Å². The van der Waals surface area contributed by atoms with Crippen LogP contribution in [-0.4, -0.2) is 34.6 Å². The molecule has 2 amide bonds. The van der Waals surface area contributed by atoms with Crippen molar-refractivity contribution in [2.45, 2.75) is 64.1 Å². The maximum absolute atomic E-state index is 13.0. The number of carbonyl (C=O) groups excluding carboxylic acids is 2. The van der Waals surface area contributed by atoms with Crippen LogP contribution in [0.4, 0.5) is 0 Å². The van der Waals surface area contributed by atoms with E-state index in [2.05, 4.69) is 5.32 Å². The summed E-state index contributed by atoms with van der Waals surface area (Å²) in [6.45, 7) is 8.30. The van der Waals surface area contributed by atoms with Crippen molar-refractivity contribution in [2.24, 2.45) is 0 Å². The molecule has 5 heteroatoms. The third-order valence-corrected chi connectivity index (χ3v) is 5.98. The van der Waals surface area contributed by atoms with Gasteiger partial charge in [-0.3, -0.25) is 9.59 Å². The van der Waals surface area contributed by atoms with Gasteiger partial charge in [0.1, 0.15) is 6.04 Å². The lowest BCUT2D eigenvalue weighted by Gasteiger charge is -2.29. The summed E-state index contributed by atoms with van der Waals surface area (Å²) in [6, 6.07) is 17.7. The van der Waals surface area contributed by atoms with E-state index in [4.69, 9.17) is 0 Å². The standard InChI is InChI=1S/C24H32N2O2S/c1-5-19(3)25-24(28)20(4)26(17-21-13-11-18(2)12-14-21)23(27)15-16-29-22-9-7-6-8-10-22/h6-14,19-20H,5,15-17H2,1-4H3,(H,25,28)/t19-,20+/m0/s1. The largest absolute Gasteiger partial charge is 0.352 e. The number of thioether (sulfide) groups is 1. The van der Waals surface area contributed by atoms with Gasteiger partial charge in [-0.05, 0) is 44.9 Å². The van der Waals surface area contributed by atoms with Crippen LogP contribution in [0, 0.1) is 6.92 Å². The molecular formula is C24H32N2O2S. The molecule has 2 aromatic carbocycles. The molecule has 0 aliphatic carbocycles. The molecule has 2 atom stereocenters. The van der Waals surface area contributed by atoms with Gasteiger partial charge < -0.3 is 10.2 Å². The molecule has 156 valence electrons. The molecule has 0 unspecified atom stereocenters. The number of rotatable bonds is 10. The molecule has 0 aliphatic rings. The van der Waals surface area contributed by atoms with Gasteiger partial charge in [0.25, 0.3) is 0 Å². The van der Waals surface area contributed by atoms with Crippen molar-refractivity contribution >= 4 is 23.6 Å². The van der Waals surface area contributed by atoms with E-state index in [0.717, 1.165) is 16.9 Å². The van der Waals surface area contributed by atoms with Crippen LogP contribution in [0.25, 0.3) is 0 Å². The zero-order valence-corrected chi connectivity index (χ0v) is 18.7. The molecule has 29 heavy (non-hydrogen) atoms. The summed E-state index contributed by atoms with van der Waals surface area (Å²) in [4.78, 5) is 28.6. The zero-order chi connectivity index (χ0) is 21.2. The predicted molar refractivity (Wildman–Crippen MR) is 121 cm³/mol. The van der Waals surface area contributed by atoms with E-state index >= 15 is 0 Å². The molecule has 0 bridgehead atoms. The van der Waals surface area contributed by atoms with Crippen molar-refractivity contribution in [3.63, 3.8) is 0 Å². The first-order chi connectivity index (χ1) is 13.9. The first kappa shape index (κ1) is 23.0. The van der Waals surface area contributed by atoms with E-state index in [9.17, 15) is 9.59 Å². The number of amides is 2. The Labute approximate surface area is 179 Å². The molecule has 1 N–H and O–H groups in total. The first-order valence-corrected chi connectivity index (χ1v) is 11.2.